The average Bonchev–Trinajstić information content (AvgIpc) is 3.01. The Morgan fingerprint density at radius 3 is 2.60 bits per heavy atom. The van der Waals surface area contributed by atoms with Crippen LogP contribution in [-0.4, -0.2) is 10.7 Å². The second kappa shape index (κ2) is 5.94. The molecule has 1 heterocycles. The van der Waals surface area contributed by atoms with E-state index in [1.165, 1.54) is 6.07 Å². The molecule has 0 fully saturated rings. The Labute approximate surface area is 144 Å². The molecule has 0 aliphatic heterocycles. The molecule has 0 amide bonds. The normalized spacial score (nSPS) is 11.7. The van der Waals surface area contributed by atoms with E-state index in [4.69, 9.17) is 0 Å². The van der Waals surface area contributed by atoms with Gasteiger partial charge in [0.05, 0.1) is 11.3 Å². The lowest BCUT2D eigenvalue weighted by Gasteiger charge is -2.03. The van der Waals surface area contributed by atoms with Crippen LogP contribution in [-0.2, 0) is 13.0 Å². The quantitative estimate of drug-likeness (QED) is 0.249. The zero-order valence-corrected chi connectivity index (χ0v) is 13.4. The summed E-state index contributed by atoms with van der Waals surface area (Å²) < 4.78 is 1.94. The molecule has 122 valence electrons. The lowest BCUT2D eigenvalue weighted by atomic mass is 10.1. The molecule has 4 rings (SSSR count). The number of pyridine rings is 1. The van der Waals surface area contributed by atoms with Gasteiger partial charge in [-0.3, -0.25) is 14.9 Å². The summed E-state index contributed by atoms with van der Waals surface area (Å²) in [5, 5.41) is 11.0. The number of rotatable bonds is 4. The van der Waals surface area contributed by atoms with E-state index in [0.717, 1.165) is 22.4 Å². The SMILES string of the molecule is O=C(C[n+]1cccc2c1Cc1cc([N+](=O)[O-])ccc1-2)c1ccccc1. The Kier molecular flexibility index (Phi) is 3.61. The molecule has 25 heavy (non-hydrogen) atoms. The van der Waals surface area contributed by atoms with E-state index in [2.05, 4.69) is 0 Å². The van der Waals surface area contributed by atoms with E-state index in [0.29, 0.717) is 12.0 Å². The van der Waals surface area contributed by atoms with Crippen LogP contribution in [0.3, 0.4) is 0 Å². The molecule has 5 nitrogen and oxygen atoms in total. The van der Waals surface area contributed by atoms with E-state index in [-0.39, 0.29) is 22.9 Å². The fourth-order valence-electron chi connectivity index (χ4n) is 3.33. The van der Waals surface area contributed by atoms with Crippen molar-refractivity contribution in [2.45, 2.75) is 13.0 Å². The first-order chi connectivity index (χ1) is 12.1. The van der Waals surface area contributed by atoms with Gasteiger partial charge in [0.15, 0.2) is 11.9 Å². The highest BCUT2D eigenvalue weighted by atomic mass is 16.6. The van der Waals surface area contributed by atoms with Gasteiger partial charge in [0.2, 0.25) is 12.3 Å². The van der Waals surface area contributed by atoms with Crippen molar-refractivity contribution in [1.29, 1.82) is 0 Å². The lowest BCUT2D eigenvalue weighted by molar-refractivity contribution is -0.689. The van der Waals surface area contributed by atoms with Gasteiger partial charge in [-0.15, -0.1) is 0 Å². The van der Waals surface area contributed by atoms with Gasteiger partial charge in [0.1, 0.15) is 0 Å². The Balaban J connectivity index is 1.69. The van der Waals surface area contributed by atoms with Crippen molar-refractivity contribution in [3.05, 3.63) is 93.8 Å². The first-order valence-electron chi connectivity index (χ1n) is 8.01. The highest BCUT2D eigenvalue weighted by Crippen LogP contribution is 2.36. The third kappa shape index (κ3) is 2.70. The number of nitro benzene ring substituents is 1. The zero-order valence-electron chi connectivity index (χ0n) is 13.4. The van der Waals surface area contributed by atoms with Gasteiger partial charge in [-0.1, -0.05) is 30.3 Å². The third-order valence-electron chi connectivity index (χ3n) is 4.54. The van der Waals surface area contributed by atoms with Crippen LogP contribution in [0.1, 0.15) is 21.6 Å². The van der Waals surface area contributed by atoms with E-state index in [1.54, 1.807) is 12.1 Å². The van der Waals surface area contributed by atoms with Gasteiger partial charge in [0.25, 0.3) is 5.69 Å². The molecule has 0 spiro atoms. The molecule has 1 aliphatic carbocycles. The van der Waals surface area contributed by atoms with Crippen LogP contribution in [0.2, 0.25) is 0 Å². The number of aromatic nitrogens is 1. The highest BCUT2D eigenvalue weighted by Gasteiger charge is 2.29. The second-order valence-electron chi connectivity index (χ2n) is 6.06. The molecule has 1 aromatic heterocycles. The van der Waals surface area contributed by atoms with Gasteiger partial charge >= 0.3 is 0 Å². The molecule has 0 unspecified atom stereocenters. The number of Topliss-reactive ketones (excluding diaryl/α,β-unsaturated/α-hetero) is 1. The summed E-state index contributed by atoms with van der Waals surface area (Å²) in [6, 6.07) is 18.1. The first-order valence-corrected chi connectivity index (χ1v) is 8.01. The summed E-state index contributed by atoms with van der Waals surface area (Å²) in [7, 11) is 0. The molecule has 0 atom stereocenters. The number of nitro groups is 1. The largest absolute Gasteiger partial charge is 0.287 e. The molecule has 3 aromatic rings. The Bertz CT molecular complexity index is 997. The summed E-state index contributed by atoms with van der Waals surface area (Å²) in [6.45, 7) is 0.253. The van der Waals surface area contributed by atoms with E-state index in [9.17, 15) is 14.9 Å². The van der Waals surface area contributed by atoms with Gasteiger partial charge in [-0.25, -0.2) is 0 Å². The van der Waals surface area contributed by atoms with Crippen molar-refractivity contribution in [2.75, 3.05) is 0 Å². The summed E-state index contributed by atoms with van der Waals surface area (Å²) in [6.07, 6.45) is 2.48. The van der Waals surface area contributed by atoms with Gasteiger partial charge in [-0.2, -0.15) is 4.57 Å². The van der Waals surface area contributed by atoms with E-state index in [1.807, 2.05) is 53.2 Å². The standard InChI is InChI=1S/C20H15N2O3/c23-20(14-5-2-1-3-6-14)13-21-10-4-7-18-17-9-8-16(22(24)25)11-15(17)12-19(18)21/h1-11H,12-13H2/q+1. The van der Waals surface area contributed by atoms with Crippen molar-refractivity contribution in [1.82, 2.24) is 0 Å². The number of hydrogen-bond acceptors (Lipinski definition) is 3. The molecule has 0 bridgehead atoms. The minimum atomic E-state index is -0.379. The minimum Gasteiger partial charge on any atom is -0.287 e. The number of benzene rings is 2. The molecule has 0 radical (unpaired) electrons. The molecule has 5 heteroatoms. The van der Waals surface area contributed by atoms with Crippen LogP contribution in [0.25, 0.3) is 11.1 Å². The number of non-ortho nitro benzene ring substituents is 1. The number of carbonyl (C=O) groups excluding carboxylic acids is 1. The minimum absolute atomic E-state index is 0.0425. The number of nitrogens with zero attached hydrogens (tertiary/aromatic N) is 2. The average molecular weight is 331 g/mol. The van der Waals surface area contributed by atoms with Crippen molar-refractivity contribution in [3.8, 4) is 11.1 Å². The predicted molar refractivity (Wildman–Crippen MR) is 92.3 cm³/mol. The second-order valence-corrected chi connectivity index (χ2v) is 6.06. The van der Waals surface area contributed by atoms with Crippen molar-refractivity contribution >= 4 is 11.5 Å². The van der Waals surface area contributed by atoms with Gasteiger partial charge < -0.3 is 0 Å². The molecular formula is C20H15N2O3+. The van der Waals surface area contributed by atoms with Crippen molar-refractivity contribution < 1.29 is 14.3 Å². The maximum absolute atomic E-state index is 12.5. The zero-order chi connectivity index (χ0) is 17.4. The number of fused-ring (bicyclic) bond motifs is 3. The maximum atomic E-state index is 12.5. The number of hydrogen-bond donors (Lipinski definition) is 0. The third-order valence-corrected chi connectivity index (χ3v) is 4.54. The lowest BCUT2D eigenvalue weighted by Crippen LogP contribution is -2.41. The Morgan fingerprint density at radius 1 is 1.04 bits per heavy atom. The van der Waals surface area contributed by atoms with Crippen LogP contribution in [0.5, 0.6) is 0 Å². The van der Waals surface area contributed by atoms with Gasteiger partial charge in [-0.05, 0) is 23.3 Å². The number of ketones is 1. The molecule has 0 saturated heterocycles. The summed E-state index contributed by atoms with van der Waals surface area (Å²) in [4.78, 5) is 23.1. The molecule has 2 aromatic carbocycles. The molecular weight excluding hydrogens is 316 g/mol. The summed E-state index contributed by atoms with van der Waals surface area (Å²) >= 11 is 0. The fourth-order valence-corrected chi connectivity index (χ4v) is 3.33. The van der Waals surface area contributed by atoms with E-state index >= 15 is 0 Å². The summed E-state index contributed by atoms with van der Waals surface area (Å²) in [5.74, 6) is 0.0425. The predicted octanol–water partition coefficient (Wildman–Crippen LogP) is 3.34. The smallest absolute Gasteiger partial charge is 0.269 e. The summed E-state index contributed by atoms with van der Waals surface area (Å²) in [5.41, 5.74) is 4.76. The maximum Gasteiger partial charge on any atom is 0.269 e. The van der Waals surface area contributed by atoms with Crippen molar-refractivity contribution in [2.24, 2.45) is 0 Å². The Hall–Kier alpha value is -3.34. The van der Waals surface area contributed by atoms with Crippen LogP contribution in [0.15, 0.2) is 66.9 Å². The van der Waals surface area contributed by atoms with Crippen LogP contribution < -0.4 is 4.57 Å². The number of carbonyl (C=O) groups is 1. The molecule has 0 N–H and O–H groups in total. The molecule has 1 aliphatic rings. The monoisotopic (exact) mass is 331 g/mol. The first kappa shape index (κ1) is 15.2. The van der Waals surface area contributed by atoms with Crippen LogP contribution in [0.4, 0.5) is 5.69 Å². The molecule has 0 saturated carbocycles. The van der Waals surface area contributed by atoms with Crippen molar-refractivity contribution in [3.63, 3.8) is 0 Å². The fraction of sp³-hybridized carbons (Fsp3) is 0.100. The van der Waals surface area contributed by atoms with Crippen LogP contribution >= 0.6 is 0 Å². The Morgan fingerprint density at radius 2 is 1.84 bits per heavy atom. The van der Waals surface area contributed by atoms with Gasteiger partial charge in [0, 0.05) is 29.3 Å². The topological polar surface area (TPSA) is 64.1 Å². The highest BCUT2D eigenvalue weighted by molar-refractivity contribution is 5.95. The van der Waals surface area contributed by atoms with E-state index < -0.39 is 0 Å². The van der Waals surface area contributed by atoms with Crippen LogP contribution in [0, 0.1) is 10.1 Å².